The molecule has 38 heavy (non-hydrogen) atoms. The van der Waals surface area contributed by atoms with Crippen LogP contribution in [-0.2, 0) is 19.2 Å². The minimum Gasteiger partial charge on any atom is -0.356 e. The van der Waals surface area contributed by atoms with Gasteiger partial charge in [-0.05, 0) is 38.0 Å². The van der Waals surface area contributed by atoms with Gasteiger partial charge in [-0.3, -0.25) is 19.2 Å². The largest absolute Gasteiger partial charge is 0.471 e. The molecule has 2 bridgehead atoms. The number of alkyl halides is 5. The standard InChI is InChI=1S/C24H30F5N5O4/c25-23(26)10-15-4-5-16(23)18(20(36)32-14(11-30)9-13-6-7-31-19(13)35)34(15)21(37)17(8-12-2-1-3-12)33-22(38)24(27,28)29/h12-18H,1-10H2,(H,31,35)(H,32,36)(H,33,38)/t13-,14-,15+,16+,17-,18-/m1/s1. The molecule has 210 valence electrons. The number of amides is 4. The second kappa shape index (κ2) is 10.6. The average Bonchev–Trinajstić information content (AvgIpc) is 3.21. The molecule has 2 aliphatic carbocycles. The van der Waals surface area contributed by atoms with Gasteiger partial charge in [-0.1, -0.05) is 19.3 Å². The van der Waals surface area contributed by atoms with E-state index in [0.717, 1.165) is 11.3 Å². The zero-order chi connectivity index (χ0) is 27.8. The van der Waals surface area contributed by atoms with E-state index in [0.29, 0.717) is 25.8 Å². The van der Waals surface area contributed by atoms with Crippen molar-refractivity contribution < 1.29 is 41.1 Å². The fourth-order valence-electron chi connectivity index (χ4n) is 6.08. The zero-order valence-electron chi connectivity index (χ0n) is 20.5. The van der Waals surface area contributed by atoms with E-state index in [1.54, 1.807) is 5.32 Å². The summed E-state index contributed by atoms with van der Waals surface area (Å²) in [7, 11) is 0. The molecule has 5 aliphatic rings. The maximum atomic E-state index is 14.9. The van der Waals surface area contributed by atoms with Gasteiger partial charge in [0.2, 0.25) is 17.7 Å². The number of fused-ring (bicyclic) bond motifs is 3. The molecule has 2 saturated carbocycles. The first-order valence-corrected chi connectivity index (χ1v) is 12.9. The summed E-state index contributed by atoms with van der Waals surface area (Å²) in [5.41, 5.74) is 0. The van der Waals surface area contributed by atoms with E-state index >= 15 is 0 Å². The average molecular weight is 548 g/mol. The van der Waals surface area contributed by atoms with Crippen LogP contribution in [0.2, 0.25) is 0 Å². The van der Waals surface area contributed by atoms with Crippen LogP contribution < -0.4 is 16.0 Å². The highest BCUT2D eigenvalue weighted by Gasteiger charge is 2.61. The Hall–Kier alpha value is -2.98. The van der Waals surface area contributed by atoms with Gasteiger partial charge in [0.1, 0.15) is 18.1 Å². The highest BCUT2D eigenvalue weighted by Crippen LogP contribution is 2.49. The summed E-state index contributed by atoms with van der Waals surface area (Å²) in [6, 6.07) is -3.83. The molecule has 3 saturated heterocycles. The van der Waals surface area contributed by atoms with E-state index in [4.69, 9.17) is 0 Å². The van der Waals surface area contributed by atoms with Gasteiger partial charge >= 0.3 is 12.1 Å². The number of rotatable bonds is 8. The first kappa shape index (κ1) is 28.0. The molecular formula is C24H30F5N5O4. The number of hydrogen-bond donors (Lipinski definition) is 3. The molecule has 0 aromatic heterocycles. The molecule has 3 aliphatic heterocycles. The van der Waals surface area contributed by atoms with Crippen molar-refractivity contribution in [3.63, 3.8) is 0 Å². The molecular weight excluding hydrogens is 517 g/mol. The lowest BCUT2D eigenvalue weighted by atomic mass is 9.71. The van der Waals surface area contributed by atoms with E-state index in [-0.39, 0.29) is 37.5 Å². The van der Waals surface area contributed by atoms with Gasteiger partial charge in [0.25, 0.3) is 5.92 Å². The lowest BCUT2D eigenvalue weighted by Crippen LogP contribution is -2.71. The zero-order valence-corrected chi connectivity index (χ0v) is 20.5. The number of carbonyl (C=O) groups is 4. The smallest absolute Gasteiger partial charge is 0.356 e. The molecule has 4 amide bonds. The van der Waals surface area contributed by atoms with Crippen molar-refractivity contribution in [2.45, 2.75) is 94.1 Å². The molecule has 0 spiro atoms. The molecule has 5 rings (SSSR count). The summed E-state index contributed by atoms with van der Waals surface area (Å²) in [6.07, 6.45) is -3.56. The van der Waals surface area contributed by atoms with Crippen molar-refractivity contribution in [2.75, 3.05) is 6.54 Å². The van der Waals surface area contributed by atoms with Crippen molar-refractivity contribution in [3.05, 3.63) is 0 Å². The fraction of sp³-hybridized carbons (Fsp3) is 0.792. The number of carbonyl (C=O) groups excluding carboxylic acids is 4. The number of nitrogens with one attached hydrogen (secondary N) is 3. The van der Waals surface area contributed by atoms with Crippen molar-refractivity contribution >= 4 is 23.6 Å². The van der Waals surface area contributed by atoms with Gasteiger partial charge in [-0.25, -0.2) is 8.78 Å². The molecule has 9 nitrogen and oxygen atoms in total. The highest BCUT2D eigenvalue weighted by atomic mass is 19.4. The summed E-state index contributed by atoms with van der Waals surface area (Å²) in [5, 5.41) is 16.3. The van der Waals surface area contributed by atoms with Crippen LogP contribution in [-0.4, -0.2) is 71.3 Å². The minimum absolute atomic E-state index is 0.0504. The molecule has 5 fully saturated rings. The number of halogens is 5. The summed E-state index contributed by atoms with van der Waals surface area (Å²) < 4.78 is 68.9. The Labute approximate surface area is 215 Å². The topological polar surface area (TPSA) is 131 Å². The van der Waals surface area contributed by atoms with Crippen LogP contribution in [0.3, 0.4) is 0 Å². The van der Waals surface area contributed by atoms with Crippen LogP contribution in [0.15, 0.2) is 0 Å². The SMILES string of the molecule is N#C[C@@H](C[C@H]1CCNC1=O)NC(=O)[C@H]1[C@@H]2CC[C@@H](CC2(F)F)N1C(=O)[C@@H](CC1CCC1)NC(=O)C(F)(F)F. The predicted molar refractivity (Wildman–Crippen MR) is 120 cm³/mol. The molecule has 0 radical (unpaired) electrons. The van der Waals surface area contributed by atoms with Gasteiger partial charge < -0.3 is 20.9 Å². The Bertz CT molecular complexity index is 1010. The Morgan fingerprint density at radius 1 is 1.11 bits per heavy atom. The quantitative estimate of drug-likeness (QED) is 0.399. The summed E-state index contributed by atoms with van der Waals surface area (Å²) >= 11 is 0. The molecule has 6 atom stereocenters. The second-order valence-corrected chi connectivity index (χ2v) is 10.8. The minimum atomic E-state index is -5.25. The molecule has 0 unspecified atom stereocenters. The highest BCUT2D eigenvalue weighted by molar-refractivity contribution is 5.94. The van der Waals surface area contributed by atoms with Gasteiger partial charge in [-0.15, -0.1) is 0 Å². The molecule has 3 heterocycles. The molecule has 0 aromatic carbocycles. The van der Waals surface area contributed by atoms with Crippen LogP contribution in [0.5, 0.6) is 0 Å². The number of hydrogen-bond acceptors (Lipinski definition) is 5. The number of nitrogens with zero attached hydrogens (tertiary/aromatic N) is 2. The van der Waals surface area contributed by atoms with Crippen LogP contribution in [0, 0.1) is 29.1 Å². The van der Waals surface area contributed by atoms with Crippen LogP contribution in [0.25, 0.3) is 0 Å². The molecule has 3 N–H and O–H groups in total. The third-order valence-corrected chi connectivity index (χ3v) is 8.27. The van der Waals surface area contributed by atoms with E-state index in [9.17, 15) is 46.4 Å². The maximum Gasteiger partial charge on any atom is 0.471 e. The van der Waals surface area contributed by atoms with Crippen LogP contribution in [0.4, 0.5) is 22.0 Å². The Morgan fingerprint density at radius 2 is 1.82 bits per heavy atom. The summed E-state index contributed by atoms with van der Waals surface area (Å²) in [4.78, 5) is 51.5. The number of nitriles is 1. The third kappa shape index (κ3) is 5.71. The van der Waals surface area contributed by atoms with Crippen molar-refractivity contribution in [2.24, 2.45) is 17.8 Å². The van der Waals surface area contributed by atoms with Crippen molar-refractivity contribution in [1.29, 1.82) is 5.26 Å². The van der Waals surface area contributed by atoms with E-state index in [1.165, 1.54) is 0 Å². The Morgan fingerprint density at radius 3 is 2.34 bits per heavy atom. The Kier molecular flexibility index (Phi) is 7.86. The summed E-state index contributed by atoms with van der Waals surface area (Å²) in [6.45, 7) is 0.405. The first-order chi connectivity index (χ1) is 17.8. The predicted octanol–water partition coefficient (Wildman–Crippen LogP) is 1.77. The second-order valence-electron chi connectivity index (χ2n) is 10.8. The van der Waals surface area contributed by atoms with Gasteiger partial charge in [0.05, 0.1) is 12.0 Å². The third-order valence-electron chi connectivity index (χ3n) is 8.27. The van der Waals surface area contributed by atoms with E-state index < -0.39 is 72.2 Å². The number of piperidine rings is 2. The lowest BCUT2D eigenvalue weighted by molar-refractivity contribution is -0.196. The van der Waals surface area contributed by atoms with Gasteiger partial charge in [0, 0.05) is 24.9 Å². The van der Waals surface area contributed by atoms with E-state index in [1.807, 2.05) is 6.07 Å². The monoisotopic (exact) mass is 547 g/mol. The molecule has 0 aromatic rings. The van der Waals surface area contributed by atoms with E-state index in [2.05, 4.69) is 10.6 Å². The van der Waals surface area contributed by atoms with Crippen molar-refractivity contribution in [3.8, 4) is 6.07 Å². The van der Waals surface area contributed by atoms with Crippen molar-refractivity contribution in [1.82, 2.24) is 20.9 Å². The van der Waals surface area contributed by atoms with Gasteiger partial charge in [-0.2, -0.15) is 18.4 Å². The summed E-state index contributed by atoms with van der Waals surface area (Å²) in [5.74, 6) is -10.2. The molecule has 14 heteroatoms. The maximum absolute atomic E-state index is 14.9. The normalized spacial score (nSPS) is 30.0. The van der Waals surface area contributed by atoms with Crippen LogP contribution >= 0.6 is 0 Å². The first-order valence-electron chi connectivity index (χ1n) is 12.9. The van der Waals surface area contributed by atoms with Crippen LogP contribution in [0.1, 0.15) is 57.8 Å². The Balaban J connectivity index is 1.58. The van der Waals surface area contributed by atoms with Gasteiger partial charge in [0.15, 0.2) is 0 Å². The lowest BCUT2D eigenvalue weighted by Gasteiger charge is -2.54. The fourth-order valence-corrected chi connectivity index (χ4v) is 6.08.